The lowest BCUT2D eigenvalue weighted by Gasteiger charge is -1.97. The van der Waals surface area contributed by atoms with Crippen molar-refractivity contribution in [3.8, 4) is 0 Å². The lowest BCUT2D eigenvalue weighted by molar-refractivity contribution is -0.112. The molecule has 4 nitrogen and oxygen atoms in total. The fourth-order valence-electron chi connectivity index (χ4n) is 0.424. The third kappa shape index (κ3) is 1.50. The van der Waals surface area contributed by atoms with E-state index in [0.717, 1.165) is 11.5 Å². The van der Waals surface area contributed by atoms with Crippen molar-refractivity contribution in [1.29, 1.82) is 0 Å². The fraction of sp³-hybridized carbons (Fsp3) is 0.250. The molecule has 0 aliphatic rings. The van der Waals surface area contributed by atoms with Gasteiger partial charge in [-0.05, 0) is 23.1 Å². The molecule has 1 unspecified atom stereocenters. The average Bonchev–Trinajstić information content (AvgIpc) is 2.36. The maximum atomic E-state index is 10.4. The Bertz CT molecular complexity index is 224. The van der Waals surface area contributed by atoms with Crippen LogP contribution in [0.15, 0.2) is 5.38 Å². The van der Waals surface area contributed by atoms with Crippen LogP contribution in [0, 0.1) is 0 Å². The minimum atomic E-state index is -0.833. The van der Waals surface area contributed by atoms with Gasteiger partial charge in [-0.3, -0.25) is 4.79 Å². The van der Waals surface area contributed by atoms with Crippen molar-refractivity contribution >= 4 is 28.4 Å². The SMILES string of the molecule is NC(C(=O)Cl)c1csnn1. The second-order valence-electron chi connectivity index (χ2n) is 1.61. The molecule has 0 aromatic carbocycles. The molecule has 0 spiro atoms. The Hall–Kier alpha value is -0.520. The van der Waals surface area contributed by atoms with Crippen LogP contribution in [-0.2, 0) is 4.79 Å². The second-order valence-corrected chi connectivity index (χ2v) is 2.59. The number of nitrogens with two attached hydrogens (primary N) is 1. The molecule has 0 fully saturated rings. The molecule has 2 N–H and O–H groups in total. The summed E-state index contributed by atoms with van der Waals surface area (Å²) in [6, 6.07) is -0.833. The summed E-state index contributed by atoms with van der Waals surface area (Å²) in [6.07, 6.45) is 0. The Morgan fingerprint density at radius 2 is 2.60 bits per heavy atom. The van der Waals surface area contributed by atoms with Crippen molar-refractivity contribution < 1.29 is 4.79 Å². The first-order chi connectivity index (χ1) is 4.72. The normalized spacial score (nSPS) is 13.0. The van der Waals surface area contributed by atoms with E-state index in [2.05, 4.69) is 9.59 Å². The minimum absolute atomic E-state index is 0.421. The van der Waals surface area contributed by atoms with Gasteiger partial charge >= 0.3 is 0 Å². The van der Waals surface area contributed by atoms with Crippen molar-refractivity contribution in [1.82, 2.24) is 9.59 Å². The zero-order chi connectivity index (χ0) is 7.56. The molecule has 0 saturated carbocycles. The van der Waals surface area contributed by atoms with Gasteiger partial charge in [-0.2, -0.15) is 0 Å². The summed E-state index contributed by atoms with van der Waals surface area (Å²) < 4.78 is 3.53. The molecule has 1 atom stereocenters. The van der Waals surface area contributed by atoms with Crippen LogP contribution < -0.4 is 5.73 Å². The number of halogens is 1. The van der Waals surface area contributed by atoms with Crippen molar-refractivity contribution in [2.24, 2.45) is 5.73 Å². The summed E-state index contributed by atoms with van der Waals surface area (Å²) in [6.45, 7) is 0. The molecule has 0 aliphatic carbocycles. The largest absolute Gasteiger partial charge is 0.315 e. The molecule has 54 valence electrons. The lowest BCUT2D eigenvalue weighted by Crippen LogP contribution is -2.17. The Morgan fingerprint density at radius 1 is 1.90 bits per heavy atom. The third-order valence-electron chi connectivity index (χ3n) is 0.940. The van der Waals surface area contributed by atoms with E-state index < -0.39 is 11.3 Å². The predicted octanol–water partition coefficient (Wildman–Crippen LogP) is 0.303. The van der Waals surface area contributed by atoms with E-state index in [9.17, 15) is 4.79 Å². The van der Waals surface area contributed by atoms with Gasteiger partial charge in [-0.25, -0.2) is 0 Å². The summed E-state index contributed by atoms with van der Waals surface area (Å²) in [5, 5.41) is 4.55. The van der Waals surface area contributed by atoms with E-state index in [1.54, 1.807) is 5.38 Å². The lowest BCUT2D eigenvalue weighted by atomic mass is 10.3. The standard InChI is InChI=1S/C4H4ClN3OS/c5-4(9)3(6)2-1-10-8-7-2/h1,3H,6H2. The van der Waals surface area contributed by atoms with Gasteiger partial charge in [0.05, 0.1) is 0 Å². The smallest absolute Gasteiger partial charge is 0.244 e. The number of hydrogen-bond donors (Lipinski definition) is 1. The molecule has 0 saturated heterocycles. The van der Waals surface area contributed by atoms with Crippen LogP contribution in [0.4, 0.5) is 0 Å². The molecule has 1 aromatic rings. The molecule has 6 heteroatoms. The zero-order valence-corrected chi connectivity index (χ0v) is 6.39. The highest BCUT2D eigenvalue weighted by Crippen LogP contribution is 2.10. The maximum Gasteiger partial charge on any atom is 0.244 e. The number of carbonyl (C=O) groups excluding carboxylic acids is 1. The van der Waals surface area contributed by atoms with Gasteiger partial charge < -0.3 is 5.73 Å². The monoisotopic (exact) mass is 177 g/mol. The summed E-state index contributed by atoms with van der Waals surface area (Å²) in [4.78, 5) is 10.4. The molecule has 1 heterocycles. The van der Waals surface area contributed by atoms with Crippen LogP contribution in [0.5, 0.6) is 0 Å². The highest BCUT2D eigenvalue weighted by Gasteiger charge is 2.14. The molecular weight excluding hydrogens is 174 g/mol. The van der Waals surface area contributed by atoms with Crippen LogP contribution in [-0.4, -0.2) is 14.8 Å². The quantitative estimate of drug-likeness (QED) is 0.660. The van der Waals surface area contributed by atoms with E-state index >= 15 is 0 Å². The van der Waals surface area contributed by atoms with Crippen LogP contribution in [0.3, 0.4) is 0 Å². The Kier molecular flexibility index (Phi) is 2.31. The van der Waals surface area contributed by atoms with E-state index in [1.165, 1.54) is 0 Å². The number of aromatic nitrogens is 2. The summed E-state index contributed by atoms with van der Waals surface area (Å²) >= 11 is 6.23. The number of rotatable bonds is 2. The van der Waals surface area contributed by atoms with Crippen LogP contribution in [0.1, 0.15) is 11.7 Å². The van der Waals surface area contributed by atoms with Crippen molar-refractivity contribution in [2.75, 3.05) is 0 Å². The predicted molar refractivity (Wildman–Crippen MR) is 37.7 cm³/mol. The molecule has 1 aromatic heterocycles. The first-order valence-electron chi connectivity index (χ1n) is 2.43. The molecule has 1 rings (SSSR count). The van der Waals surface area contributed by atoms with Gasteiger partial charge in [0.25, 0.3) is 0 Å². The van der Waals surface area contributed by atoms with Crippen LogP contribution in [0.25, 0.3) is 0 Å². The van der Waals surface area contributed by atoms with Crippen LogP contribution in [0.2, 0.25) is 0 Å². The molecule has 0 amide bonds. The molecule has 0 bridgehead atoms. The number of carbonyl (C=O) groups is 1. The summed E-state index contributed by atoms with van der Waals surface area (Å²) in [5.41, 5.74) is 5.73. The minimum Gasteiger partial charge on any atom is -0.315 e. The maximum absolute atomic E-state index is 10.4. The van der Waals surface area contributed by atoms with Crippen molar-refractivity contribution in [2.45, 2.75) is 6.04 Å². The van der Waals surface area contributed by atoms with Crippen LogP contribution >= 0.6 is 23.1 Å². The van der Waals surface area contributed by atoms with Crippen molar-refractivity contribution in [3.63, 3.8) is 0 Å². The van der Waals surface area contributed by atoms with E-state index in [0.29, 0.717) is 5.69 Å². The van der Waals surface area contributed by atoms with Gasteiger partial charge in [0.2, 0.25) is 5.24 Å². The average molecular weight is 178 g/mol. The van der Waals surface area contributed by atoms with Crippen molar-refractivity contribution in [3.05, 3.63) is 11.1 Å². The summed E-state index contributed by atoms with van der Waals surface area (Å²) in [7, 11) is 0. The fourth-order valence-corrected chi connectivity index (χ4v) is 1.03. The van der Waals surface area contributed by atoms with E-state index in [1.807, 2.05) is 0 Å². The molecular formula is C4H4ClN3OS. The highest BCUT2D eigenvalue weighted by atomic mass is 35.5. The molecule has 0 aliphatic heterocycles. The highest BCUT2D eigenvalue weighted by molar-refractivity contribution is 7.03. The topological polar surface area (TPSA) is 68.9 Å². The zero-order valence-electron chi connectivity index (χ0n) is 4.82. The van der Waals surface area contributed by atoms with E-state index in [4.69, 9.17) is 17.3 Å². The Balaban J connectivity index is 2.77. The summed E-state index contributed by atoms with van der Waals surface area (Å²) in [5.74, 6) is 0. The second kappa shape index (κ2) is 3.05. The first kappa shape index (κ1) is 7.59. The third-order valence-corrected chi connectivity index (χ3v) is 1.70. The number of nitrogens with zero attached hydrogens (tertiary/aromatic N) is 2. The molecule has 0 radical (unpaired) electrons. The van der Waals surface area contributed by atoms with Gasteiger partial charge in [-0.1, -0.05) is 4.49 Å². The van der Waals surface area contributed by atoms with Gasteiger partial charge in [0.15, 0.2) is 0 Å². The Labute approximate surface area is 66.2 Å². The number of hydrogen-bond acceptors (Lipinski definition) is 5. The molecule has 10 heavy (non-hydrogen) atoms. The van der Waals surface area contributed by atoms with Gasteiger partial charge in [0, 0.05) is 5.38 Å². The van der Waals surface area contributed by atoms with Gasteiger partial charge in [0.1, 0.15) is 11.7 Å². The van der Waals surface area contributed by atoms with E-state index in [-0.39, 0.29) is 0 Å². The first-order valence-corrected chi connectivity index (χ1v) is 3.65. The van der Waals surface area contributed by atoms with Gasteiger partial charge in [-0.15, -0.1) is 5.10 Å². The Morgan fingerprint density at radius 3 is 3.00 bits per heavy atom.